The first-order chi connectivity index (χ1) is 26.3. The first kappa shape index (κ1) is 31.1. The van der Waals surface area contributed by atoms with Gasteiger partial charge in [0.15, 0.2) is 0 Å². The number of hydrogen-bond donors (Lipinski definition) is 0. The van der Waals surface area contributed by atoms with Crippen LogP contribution < -0.4 is 9.19 Å². The Morgan fingerprint density at radius 3 is 1.26 bits per heavy atom. The zero-order valence-corrected chi connectivity index (χ0v) is 30.4. The van der Waals surface area contributed by atoms with Crippen LogP contribution in [0.25, 0.3) is 87.0 Å². The fourth-order valence-electron chi connectivity index (χ4n) is 8.22. The van der Waals surface area contributed by atoms with Crippen molar-refractivity contribution in [3.8, 4) is 0 Å². The first-order valence-electron chi connectivity index (χ1n) is 18.1. The molecule has 8 heteroatoms. The number of fused-ring (bicyclic) bond motifs is 14. The molecule has 1 atom stereocenters. The van der Waals surface area contributed by atoms with Crippen molar-refractivity contribution in [2.75, 3.05) is 17.8 Å². The molecule has 0 bridgehead atoms. The largest absolute Gasteiger partial charge is 0.408 e. The maximum absolute atomic E-state index is 6.95. The quantitative estimate of drug-likeness (QED) is 0.180. The smallest absolute Gasteiger partial charge is 0.387 e. The summed E-state index contributed by atoms with van der Waals surface area (Å²) in [5.41, 5.74) is 3.20. The lowest BCUT2D eigenvalue weighted by atomic mass is 9.99. The molecule has 0 aliphatic carbocycles. The molecule has 10 aromatic rings. The molecule has 53 heavy (non-hydrogen) atoms. The van der Waals surface area contributed by atoms with Crippen LogP contribution in [-0.4, -0.2) is 19.2 Å². The topological polar surface area (TPSA) is 65.0 Å². The lowest BCUT2D eigenvalue weighted by Crippen LogP contribution is -2.31. The molecule has 2 aromatic heterocycles. The van der Waals surface area contributed by atoms with Gasteiger partial charge in [-0.1, -0.05) is 121 Å². The number of rotatable bonds is 4. The Morgan fingerprint density at radius 1 is 0.472 bits per heavy atom. The molecule has 1 aliphatic heterocycles. The van der Waals surface area contributed by atoms with Gasteiger partial charge in [0, 0.05) is 34.1 Å². The van der Waals surface area contributed by atoms with Crippen LogP contribution in [0.15, 0.2) is 162 Å². The molecule has 1 saturated heterocycles. The van der Waals surface area contributed by atoms with Crippen molar-refractivity contribution in [2.24, 2.45) is 0 Å². The Kier molecular flexibility index (Phi) is 7.38. The summed E-state index contributed by atoms with van der Waals surface area (Å²) in [6, 6.07) is 50.8. The fourth-order valence-corrected chi connectivity index (χ4v) is 10.9. The Hall–Kier alpha value is -5.48. The third-order valence-electron chi connectivity index (χ3n) is 10.7. The summed E-state index contributed by atoms with van der Waals surface area (Å²) in [6.45, 7) is 1.26. The van der Waals surface area contributed by atoms with E-state index in [0.717, 1.165) is 95.6 Å². The van der Waals surface area contributed by atoms with Crippen molar-refractivity contribution in [3.63, 3.8) is 0 Å². The maximum atomic E-state index is 6.95. The highest BCUT2D eigenvalue weighted by molar-refractivity contribution is 7.39. The third-order valence-corrected chi connectivity index (χ3v) is 13.4. The van der Waals surface area contributed by atoms with E-state index in [-0.39, 0.29) is 6.04 Å². The molecule has 0 spiro atoms. The van der Waals surface area contributed by atoms with Crippen molar-refractivity contribution in [1.82, 2.24) is 0 Å². The van der Waals surface area contributed by atoms with Crippen LogP contribution in [0.2, 0.25) is 0 Å². The van der Waals surface area contributed by atoms with Gasteiger partial charge in [0.25, 0.3) is 0 Å². The third kappa shape index (κ3) is 5.17. The van der Waals surface area contributed by atoms with Gasteiger partial charge in [-0.2, -0.15) is 4.67 Å². The average molecular weight is 730 g/mol. The SMILES string of the molecule is c1ccc2c(c1)ccc1op(OCC3CCCN3p3oc4ccc5ccccc5c4c4c(ccc5ccccc54)o3)oc3ccc4ccccc4c3c12. The second kappa shape index (κ2) is 12.6. The summed E-state index contributed by atoms with van der Waals surface area (Å²) in [7, 11) is -3.27. The normalized spacial score (nSPS) is 15.2. The fraction of sp³-hybridized carbons (Fsp3) is 0.111. The highest BCUT2D eigenvalue weighted by Gasteiger charge is 2.31. The van der Waals surface area contributed by atoms with Crippen LogP contribution in [-0.2, 0) is 0 Å². The van der Waals surface area contributed by atoms with Gasteiger partial charge in [-0.15, -0.1) is 0 Å². The summed E-state index contributed by atoms with van der Waals surface area (Å²) < 4.78 is 36.3. The van der Waals surface area contributed by atoms with Crippen LogP contribution >= 0.6 is 16.4 Å². The van der Waals surface area contributed by atoms with E-state index in [1.807, 2.05) is 0 Å². The van der Waals surface area contributed by atoms with E-state index in [1.54, 1.807) is 0 Å². The summed E-state index contributed by atoms with van der Waals surface area (Å²) in [4.78, 5) is 0. The number of hydrogen-bond acceptors (Lipinski definition) is 6. The Labute approximate surface area is 306 Å². The van der Waals surface area contributed by atoms with Crippen molar-refractivity contribution in [3.05, 3.63) is 146 Å². The standard InChI is InChI=1S/C45H33NO5P2/c1-5-15-34-29(10-1)19-23-38-42(34)43-35-16-6-2-11-30(35)20-24-39(43)49-52(48-38)46-27-9-14-33(46)28-47-53-50-40-25-21-31-12-3-7-17-36(31)44(40)45-37-18-8-4-13-32(37)22-26-41(45)51-53/h1-8,10-13,15-26,33H,9,14,27-28H2. The highest BCUT2D eigenvalue weighted by Crippen LogP contribution is 2.45. The summed E-state index contributed by atoms with van der Waals surface area (Å²) in [5, 5.41) is 13.4. The maximum Gasteiger partial charge on any atom is 0.387 e. The molecule has 0 N–H and O–H groups in total. The molecule has 0 amide bonds. The second-order valence-corrected chi connectivity index (χ2v) is 16.1. The predicted molar refractivity (Wildman–Crippen MR) is 220 cm³/mol. The molecule has 0 saturated carbocycles. The van der Waals surface area contributed by atoms with Crippen LogP contribution in [0.3, 0.4) is 0 Å². The minimum Gasteiger partial charge on any atom is -0.408 e. The minimum atomic E-state index is -1.77. The average Bonchev–Trinajstić information content (AvgIpc) is 3.52. The number of nitrogens with zero attached hydrogens (tertiary/aromatic N) is 1. The molecular formula is C45H33NO5P2. The molecule has 1 aliphatic rings. The molecule has 3 heterocycles. The van der Waals surface area contributed by atoms with Gasteiger partial charge in [0.1, 0.15) is 22.3 Å². The monoisotopic (exact) mass is 729 g/mol. The van der Waals surface area contributed by atoms with Crippen LogP contribution in [0.1, 0.15) is 12.8 Å². The molecular weight excluding hydrogens is 696 g/mol. The Bertz CT molecular complexity index is 2960. The van der Waals surface area contributed by atoms with Gasteiger partial charge in [-0.25, -0.2) is 0 Å². The van der Waals surface area contributed by atoms with Gasteiger partial charge in [-0.05, 0) is 80.2 Å². The first-order valence-corrected chi connectivity index (χ1v) is 20.3. The van der Waals surface area contributed by atoms with Gasteiger partial charge in [0.05, 0.1) is 6.61 Å². The van der Waals surface area contributed by atoms with E-state index in [0.29, 0.717) is 6.61 Å². The second-order valence-electron chi connectivity index (χ2n) is 13.7. The minimum absolute atomic E-state index is 0.0529. The van der Waals surface area contributed by atoms with Crippen LogP contribution in [0, 0.1) is 0 Å². The number of benzene rings is 8. The summed E-state index contributed by atoms with van der Waals surface area (Å²) in [5.74, 6) is 0. The highest BCUT2D eigenvalue weighted by atomic mass is 31.1. The van der Waals surface area contributed by atoms with Crippen LogP contribution in [0.5, 0.6) is 0 Å². The molecule has 1 unspecified atom stereocenters. The predicted octanol–water partition coefficient (Wildman–Crippen LogP) is 13.7. The van der Waals surface area contributed by atoms with Crippen molar-refractivity contribution >= 4 is 103 Å². The lowest BCUT2D eigenvalue weighted by molar-refractivity contribution is 0.342. The van der Waals surface area contributed by atoms with E-state index in [1.165, 1.54) is 10.8 Å². The van der Waals surface area contributed by atoms with Gasteiger partial charge in [-0.3, -0.25) is 4.52 Å². The van der Waals surface area contributed by atoms with E-state index in [2.05, 4.69) is 150 Å². The van der Waals surface area contributed by atoms with Crippen molar-refractivity contribution in [1.29, 1.82) is 0 Å². The molecule has 8 aromatic carbocycles. The molecule has 258 valence electrons. The Morgan fingerprint density at radius 2 is 0.849 bits per heavy atom. The molecule has 0 radical (unpaired) electrons. The summed E-state index contributed by atoms with van der Waals surface area (Å²) in [6.07, 6.45) is 1.96. The van der Waals surface area contributed by atoms with Crippen molar-refractivity contribution in [2.45, 2.75) is 18.9 Å². The molecule has 11 rings (SSSR count). The zero-order valence-electron chi connectivity index (χ0n) is 28.6. The van der Waals surface area contributed by atoms with Crippen LogP contribution in [0.4, 0.5) is 0 Å². The zero-order chi connectivity index (χ0) is 34.9. The van der Waals surface area contributed by atoms with Crippen molar-refractivity contribution < 1.29 is 21.3 Å². The van der Waals surface area contributed by atoms with Gasteiger partial charge in [0.2, 0.25) is 0 Å². The van der Waals surface area contributed by atoms with E-state index >= 15 is 0 Å². The van der Waals surface area contributed by atoms with E-state index < -0.39 is 16.4 Å². The van der Waals surface area contributed by atoms with Gasteiger partial charge < -0.3 is 16.8 Å². The van der Waals surface area contributed by atoms with Gasteiger partial charge >= 0.3 is 16.4 Å². The lowest BCUT2D eigenvalue weighted by Gasteiger charge is -2.19. The molecule has 6 nitrogen and oxygen atoms in total. The summed E-state index contributed by atoms with van der Waals surface area (Å²) >= 11 is 0. The molecule has 1 fully saturated rings. The Balaban J connectivity index is 1.04. The van der Waals surface area contributed by atoms with E-state index in [4.69, 9.17) is 21.3 Å². The van der Waals surface area contributed by atoms with E-state index in [9.17, 15) is 0 Å².